The van der Waals surface area contributed by atoms with Crippen LogP contribution in [0.15, 0.2) is 30.3 Å². The van der Waals surface area contributed by atoms with Crippen molar-refractivity contribution in [3.8, 4) is 0 Å². The summed E-state index contributed by atoms with van der Waals surface area (Å²) in [4.78, 5) is 14.5. The monoisotopic (exact) mass is 306 g/mol. The summed E-state index contributed by atoms with van der Waals surface area (Å²) in [5.74, 6) is 1.06. The van der Waals surface area contributed by atoms with Gasteiger partial charge in [-0.3, -0.25) is 4.79 Å². The Morgan fingerprint density at radius 2 is 2.00 bits per heavy atom. The number of nitrogens with zero attached hydrogens (tertiary/aromatic N) is 1. The van der Waals surface area contributed by atoms with Crippen LogP contribution in [-0.2, 0) is 10.5 Å². The minimum absolute atomic E-state index is 0.0111. The van der Waals surface area contributed by atoms with E-state index in [-0.39, 0.29) is 11.2 Å². The van der Waals surface area contributed by atoms with Crippen molar-refractivity contribution in [3.05, 3.63) is 35.9 Å². The van der Waals surface area contributed by atoms with Crippen LogP contribution in [0.4, 0.5) is 0 Å². The highest BCUT2D eigenvalue weighted by Crippen LogP contribution is 2.17. The topological polar surface area (TPSA) is 32.3 Å². The number of carbonyl (C=O) groups is 1. The Bertz CT molecular complexity index is 418. The zero-order valence-electron chi connectivity index (χ0n) is 12.9. The molecule has 1 aliphatic heterocycles. The summed E-state index contributed by atoms with van der Waals surface area (Å²) < 4.78 is 0. The van der Waals surface area contributed by atoms with E-state index in [1.54, 1.807) is 11.8 Å². The van der Waals surface area contributed by atoms with Gasteiger partial charge in [0.2, 0.25) is 5.91 Å². The first-order chi connectivity index (χ1) is 10.3. The SMILES string of the molecule is C[C@H](SCc1ccccc1)C(=O)NCCCN1CCCC1. The predicted octanol–water partition coefficient (Wildman–Crippen LogP) is 2.91. The van der Waals surface area contributed by atoms with Crippen molar-refractivity contribution in [1.82, 2.24) is 10.2 Å². The Hall–Kier alpha value is -1.00. The van der Waals surface area contributed by atoms with Gasteiger partial charge in [-0.25, -0.2) is 0 Å². The zero-order chi connectivity index (χ0) is 14.9. The van der Waals surface area contributed by atoms with Crippen LogP contribution in [0.5, 0.6) is 0 Å². The van der Waals surface area contributed by atoms with Gasteiger partial charge in [0.25, 0.3) is 0 Å². The fourth-order valence-corrected chi connectivity index (χ4v) is 3.40. The molecule has 1 aromatic rings. The number of hydrogen-bond acceptors (Lipinski definition) is 3. The van der Waals surface area contributed by atoms with Crippen molar-refractivity contribution in [2.75, 3.05) is 26.2 Å². The van der Waals surface area contributed by atoms with Crippen LogP contribution >= 0.6 is 11.8 Å². The van der Waals surface area contributed by atoms with E-state index in [4.69, 9.17) is 0 Å². The van der Waals surface area contributed by atoms with Crippen LogP contribution in [0.3, 0.4) is 0 Å². The summed E-state index contributed by atoms with van der Waals surface area (Å²) in [6.45, 7) is 6.37. The van der Waals surface area contributed by atoms with E-state index in [0.29, 0.717) is 0 Å². The molecule has 0 saturated carbocycles. The fourth-order valence-electron chi connectivity index (χ4n) is 2.54. The number of amides is 1. The van der Waals surface area contributed by atoms with Gasteiger partial charge in [0.15, 0.2) is 0 Å². The molecule has 1 saturated heterocycles. The summed E-state index contributed by atoms with van der Waals surface area (Å²) >= 11 is 1.70. The molecule has 1 fully saturated rings. The third-order valence-electron chi connectivity index (χ3n) is 3.86. The van der Waals surface area contributed by atoms with Crippen LogP contribution in [0.2, 0.25) is 0 Å². The van der Waals surface area contributed by atoms with Gasteiger partial charge in [0, 0.05) is 12.3 Å². The molecule has 21 heavy (non-hydrogen) atoms. The lowest BCUT2D eigenvalue weighted by Crippen LogP contribution is -2.33. The number of hydrogen-bond donors (Lipinski definition) is 1. The van der Waals surface area contributed by atoms with Crippen molar-refractivity contribution in [2.45, 2.75) is 37.2 Å². The number of nitrogens with one attached hydrogen (secondary N) is 1. The summed E-state index contributed by atoms with van der Waals surface area (Å²) in [5.41, 5.74) is 1.27. The average molecular weight is 306 g/mol. The highest BCUT2D eigenvalue weighted by Gasteiger charge is 2.14. The Balaban J connectivity index is 1.56. The van der Waals surface area contributed by atoms with Crippen LogP contribution in [-0.4, -0.2) is 42.2 Å². The van der Waals surface area contributed by atoms with Crippen LogP contribution in [0.25, 0.3) is 0 Å². The molecule has 2 rings (SSSR count). The van der Waals surface area contributed by atoms with Crippen molar-refractivity contribution in [1.29, 1.82) is 0 Å². The molecule has 0 aromatic heterocycles. The Morgan fingerprint density at radius 3 is 2.71 bits per heavy atom. The Kier molecular flexibility index (Phi) is 7.10. The van der Waals surface area contributed by atoms with Gasteiger partial charge < -0.3 is 10.2 Å². The average Bonchev–Trinajstić information content (AvgIpc) is 3.03. The van der Waals surface area contributed by atoms with E-state index in [9.17, 15) is 4.79 Å². The number of carbonyl (C=O) groups excluding carboxylic acids is 1. The maximum atomic E-state index is 12.0. The molecule has 0 aliphatic carbocycles. The van der Waals surface area contributed by atoms with Gasteiger partial charge in [0.1, 0.15) is 0 Å². The first-order valence-corrected chi connectivity index (χ1v) is 8.96. The van der Waals surface area contributed by atoms with Crippen LogP contribution < -0.4 is 5.32 Å². The van der Waals surface area contributed by atoms with E-state index < -0.39 is 0 Å². The summed E-state index contributed by atoms with van der Waals surface area (Å²) in [7, 11) is 0. The second kappa shape index (κ2) is 9.11. The lowest BCUT2D eigenvalue weighted by molar-refractivity contribution is -0.120. The van der Waals surface area contributed by atoms with E-state index in [1.165, 1.54) is 31.5 Å². The molecule has 3 nitrogen and oxygen atoms in total. The molecular formula is C17H26N2OS. The summed E-state index contributed by atoms with van der Waals surface area (Å²) in [6, 6.07) is 10.3. The van der Waals surface area contributed by atoms with E-state index in [0.717, 1.165) is 25.3 Å². The smallest absolute Gasteiger partial charge is 0.232 e. The number of thioether (sulfide) groups is 1. The highest BCUT2D eigenvalue weighted by molar-refractivity contribution is 7.99. The molecule has 116 valence electrons. The maximum Gasteiger partial charge on any atom is 0.232 e. The molecule has 0 radical (unpaired) electrons. The molecule has 1 N–H and O–H groups in total. The standard InChI is InChI=1S/C17H26N2OS/c1-15(21-14-16-8-3-2-4-9-16)17(20)18-10-7-13-19-11-5-6-12-19/h2-4,8-9,15H,5-7,10-14H2,1H3,(H,18,20)/t15-/m0/s1. The molecule has 0 unspecified atom stereocenters. The van der Waals surface area contributed by atoms with Crippen molar-refractivity contribution < 1.29 is 4.79 Å². The molecular weight excluding hydrogens is 280 g/mol. The molecule has 1 atom stereocenters. The maximum absolute atomic E-state index is 12.0. The Labute approximate surface area is 132 Å². The van der Waals surface area contributed by atoms with E-state index in [2.05, 4.69) is 22.3 Å². The molecule has 0 bridgehead atoms. The number of rotatable bonds is 8. The molecule has 1 aliphatic rings. The van der Waals surface area contributed by atoms with Gasteiger partial charge in [-0.05, 0) is 51.4 Å². The second-order valence-electron chi connectivity index (χ2n) is 5.63. The second-order valence-corrected chi connectivity index (χ2v) is 6.96. The summed E-state index contributed by atoms with van der Waals surface area (Å²) in [5, 5.41) is 3.07. The fraction of sp³-hybridized carbons (Fsp3) is 0.588. The molecule has 1 heterocycles. The van der Waals surface area contributed by atoms with Gasteiger partial charge in [-0.2, -0.15) is 0 Å². The van der Waals surface area contributed by atoms with Crippen molar-refractivity contribution in [2.24, 2.45) is 0 Å². The van der Waals surface area contributed by atoms with Crippen molar-refractivity contribution >= 4 is 17.7 Å². The molecule has 1 amide bonds. The lowest BCUT2D eigenvalue weighted by atomic mass is 10.2. The van der Waals surface area contributed by atoms with E-state index in [1.807, 2.05) is 25.1 Å². The van der Waals surface area contributed by atoms with Gasteiger partial charge >= 0.3 is 0 Å². The first kappa shape index (κ1) is 16.4. The van der Waals surface area contributed by atoms with Crippen LogP contribution in [0.1, 0.15) is 31.7 Å². The molecule has 1 aromatic carbocycles. The van der Waals surface area contributed by atoms with Crippen molar-refractivity contribution in [3.63, 3.8) is 0 Å². The molecule has 4 heteroatoms. The van der Waals surface area contributed by atoms with Crippen LogP contribution in [0, 0.1) is 0 Å². The third kappa shape index (κ3) is 6.10. The summed E-state index contributed by atoms with van der Waals surface area (Å²) in [6.07, 6.45) is 3.72. The first-order valence-electron chi connectivity index (χ1n) is 7.91. The molecule has 0 spiro atoms. The van der Waals surface area contributed by atoms with E-state index >= 15 is 0 Å². The minimum atomic E-state index is 0.0111. The Morgan fingerprint density at radius 1 is 1.29 bits per heavy atom. The van der Waals surface area contributed by atoms with Gasteiger partial charge in [-0.15, -0.1) is 11.8 Å². The van der Waals surface area contributed by atoms with Gasteiger partial charge in [-0.1, -0.05) is 30.3 Å². The van der Waals surface area contributed by atoms with Gasteiger partial charge in [0.05, 0.1) is 5.25 Å². The number of likely N-dealkylation sites (tertiary alicyclic amines) is 1. The largest absolute Gasteiger partial charge is 0.355 e. The highest BCUT2D eigenvalue weighted by atomic mass is 32.2. The zero-order valence-corrected chi connectivity index (χ0v) is 13.7. The lowest BCUT2D eigenvalue weighted by Gasteiger charge is -2.15. The minimum Gasteiger partial charge on any atom is -0.355 e. The predicted molar refractivity (Wildman–Crippen MR) is 90.5 cm³/mol. The quantitative estimate of drug-likeness (QED) is 0.750. The third-order valence-corrected chi connectivity index (χ3v) is 5.08. The number of benzene rings is 1. The normalized spacial score (nSPS) is 16.8.